The number of nitrogens with one attached hydrogen (secondary N) is 1. The first-order valence-corrected chi connectivity index (χ1v) is 9.32. The third-order valence-corrected chi connectivity index (χ3v) is 4.70. The van der Waals surface area contributed by atoms with Crippen molar-refractivity contribution < 1.29 is 9.53 Å². The molecule has 1 N–H and O–H groups in total. The molecule has 1 saturated carbocycles. The maximum atomic E-state index is 12.4. The van der Waals surface area contributed by atoms with Gasteiger partial charge in [-0.1, -0.05) is 41.9 Å². The third kappa shape index (κ3) is 4.47. The number of amides is 1. The van der Waals surface area contributed by atoms with E-state index >= 15 is 0 Å². The number of aromatic nitrogens is 1. The summed E-state index contributed by atoms with van der Waals surface area (Å²) in [5.41, 5.74) is 2.99. The van der Waals surface area contributed by atoms with Gasteiger partial charge in [-0.15, -0.1) is 0 Å². The van der Waals surface area contributed by atoms with E-state index in [-0.39, 0.29) is 5.91 Å². The first kappa shape index (κ1) is 17.6. The molecule has 136 valence electrons. The molecule has 0 aliphatic heterocycles. The summed E-state index contributed by atoms with van der Waals surface area (Å²) in [5, 5.41) is 3.57. The summed E-state index contributed by atoms with van der Waals surface area (Å²) in [7, 11) is 0. The average Bonchev–Trinajstić information content (AvgIpc) is 3.53. The van der Waals surface area contributed by atoms with Gasteiger partial charge in [0, 0.05) is 16.1 Å². The van der Waals surface area contributed by atoms with Crippen molar-refractivity contribution in [2.75, 3.05) is 11.9 Å². The number of halogens is 1. The van der Waals surface area contributed by atoms with Gasteiger partial charge in [-0.2, -0.15) is 0 Å². The molecule has 1 aliphatic rings. The molecular weight excluding hydrogens is 360 g/mol. The summed E-state index contributed by atoms with van der Waals surface area (Å²) in [6.07, 6.45) is 4.05. The molecule has 4 nitrogen and oxygen atoms in total. The zero-order valence-corrected chi connectivity index (χ0v) is 15.4. The Balaban J connectivity index is 1.61. The van der Waals surface area contributed by atoms with Gasteiger partial charge < -0.3 is 10.1 Å². The van der Waals surface area contributed by atoms with E-state index in [9.17, 15) is 4.79 Å². The fraction of sp³-hybridized carbons (Fsp3) is 0.182. The molecule has 27 heavy (non-hydrogen) atoms. The van der Waals surface area contributed by atoms with Crippen molar-refractivity contribution in [3.63, 3.8) is 0 Å². The summed E-state index contributed by atoms with van der Waals surface area (Å²) in [4.78, 5) is 16.9. The normalized spacial score (nSPS) is 13.2. The molecule has 1 amide bonds. The maximum absolute atomic E-state index is 12.4. The number of benzene rings is 2. The van der Waals surface area contributed by atoms with Crippen LogP contribution >= 0.6 is 11.6 Å². The van der Waals surface area contributed by atoms with Crippen molar-refractivity contribution in [1.29, 1.82) is 0 Å². The van der Waals surface area contributed by atoms with Crippen molar-refractivity contribution >= 4 is 23.2 Å². The number of nitrogens with zero attached hydrogens (tertiary/aromatic N) is 1. The first-order chi connectivity index (χ1) is 13.2. The van der Waals surface area contributed by atoms with Crippen molar-refractivity contribution in [2.24, 2.45) is 5.92 Å². The predicted octanol–water partition coefficient (Wildman–Crippen LogP) is 5.44. The standard InChI is InChI=1S/C22H19ClN2O2/c23-18-10-8-16(9-11-18)20-12-19(13-24-22(20)27-14-15-6-7-15)25-21(26)17-4-2-1-3-5-17/h1-5,8-13,15H,6-7,14H2,(H,25,26). The van der Waals surface area contributed by atoms with E-state index in [0.717, 1.165) is 11.1 Å². The van der Waals surface area contributed by atoms with Gasteiger partial charge in [-0.05, 0) is 54.7 Å². The Morgan fingerprint density at radius 3 is 2.56 bits per heavy atom. The minimum atomic E-state index is -0.175. The van der Waals surface area contributed by atoms with Gasteiger partial charge in [0.05, 0.1) is 18.5 Å². The van der Waals surface area contributed by atoms with E-state index in [1.165, 1.54) is 12.8 Å². The molecule has 4 rings (SSSR count). The van der Waals surface area contributed by atoms with Crippen LogP contribution in [0.4, 0.5) is 5.69 Å². The lowest BCUT2D eigenvalue weighted by Crippen LogP contribution is -2.12. The summed E-state index contributed by atoms with van der Waals surface area (Å²) < 4.78 is 5.93. The van der Waals surface area contributed by atoms with Gasteiger partial charge in [0.15, 0.2) is 0 Å². The quantitative estimate of drug-likeness (QED) is 0.621. The summed E-state index contributed by atoms with van der Waals surface area (Å²) in [6.45, 7) is 0.670. The molecule has 0 spiro atoms. The van der Waals surface area contributed by atoms with E-state index in [0.29, 0.717) is 34.7 Å². The van der Waals surface area contributed by atoms with E-state index in [1.54, 1.807) is 18.3 Å². The highest BCUT2D eigenvalue weighted by molar-refractivity contribution is 6.30. The summed E-state index contributed by atoms with van der Waals surface area (Å²) in [6, 6.07) is 18.5. The number of anilines is 1. The lowest BCUT2D eigenvalue weighted by Gasteiger charge is -2.13. The molecule has 1 heterocycles. The van der Waals surface area contributed by atoms with E-state index in [4.69, 9.17) is 16.3 Å². The Morgan fingerprint density at radius 2 is 1.85 bits per heavy atom. The third-order valence-electron chi connectivity index (χ3n) is 4.45. The van der Waals surface area contributed by atoms with Gasteiger partial charge >= 0.3 is 0 Å². The van der Waals surface area contributed by atoms with Crippen LogP contribution in [0.15, 0.2) is 66.9 Å². The fourth-order valence-electron chi connectivity index (χ4n) is 2.75. The highest BCUT2D eigenvalue weighted by Crippen LogP contribution is 2.34. The molecule has 0 saturated heterocycles. The van der Waals surface area contributed by atoms with Crippen LogP contribution in [0, 0.1) is 5.92 Å². The van der Waals surface area contributed by atoms with Crippen LogP contribution in [0.3, 0.4) is 0 Å². The van der Waals surface area contributed by atoms with E-state index < -0.39 is 0 Å². The lowest BCUT2D eigenvalue weighted by molar-refractivity contribution is 0.102. The molecule has 1 aromatic heterocycles. The van der Waals surface area contributed by atoms with E-state index in [1.807, 2.05) is 48.5 Å². The highest BCUT2D eigenvalue weighted by atomic mass is 35.5. The Kier molecular flexibility index (Phi) is 5.07. The summed E-state index contributed by atoms with van der Waals surface area (Å²) >= 11 is 6.01. The number of ether oxygens (including phenoxy) is 1. The van der Waals surface area contributed by atoms with Crippen LogP contribution in [-0.4, -0.2) is 17.5 Å². The molecule has 1 aliphatic carbocycles. The maximum Gasteiger partial charge on any atom is 0.255 e. The average molecular weight is 379 g/mol. The number of hydrogen-bond acceptors (Lipinski definition) is 3. The van der Waals surface area contributed by atoms with Gasteiger partial charge in [-0.25, -0.2) is 4.98 Å². The molecule has 0 radical (unpaired) electrons. The fourth-order valence-corrected chi connectivity index (χ4v) is 2.87. The molecule has 0 unspecified atom stereocenters. The Hall–Kier alpha value is -2.85. The van der Waals surface area contributed by atoms with Crippen LogP contribution in [-0.2, 0) is 0 Å². The number of rotatable bonds is 6. The molecule has 0 atom stereocenters. The van der Waals surface area contributed by atoms with Crippen molar-refractivity contribution in [1.82, 2.24) is 4.98 Å². The van der Waals surface area contributed by atoms with Crippen LogP contribution in [0.25, 0.3) is 11.1 Å². The van der Waals surface area contributed by atoms with Crippen LogP contribution in [0.5, 0.6) is 5.88 Å². The minimum absolute atomic E-state index is 0.175. The van der Waals surface area contributed by atoms with Crippen molar-refractivity contribution in [2.45, 2.75) is 12.8 Å². The Morgan fingerprint density at radius 1 is 1.11 bits per heavy atom. The predicted molar refractivity (Wildman–Crippen MR) is 107 cm³/mol. The second kappa shape index (κ2) is 7.80. The molecule has 3 aromatic rings. The molecular formula is C22H19ClN2O2. The van der Waals surface area contributed by atoms with Gasteiger partial charge in [0.2, 0.25) is 5.88 Å². The van der Waals surface area contributed by atoms with E-state index in [2.05, 4.69) is 10.3 Å². The second-order valence-corrected chi connectivity index (χ2v) is 7.09. The molecule has 0 bridgehead atoms. The number of hydrogen-bond donors (Lipinski definition) is 1. The SMILES string of the molecule is O=C(Nc1cnc(OCC2CC2)c(-c2ccc(Cl)cc2)c1)c1ccccc1. The largest absolute Gasteiger partial charge is 0.477 e. The smallest absolute Gasteiger partial charge is 0.255 e. The second-order valence-electron chi connectivity index (χ2n) is 6.66. The number of pyridine rings is 1. The zero-order chi connectivity index (χ0) is 18.6. The van der Waals surface area contributed by atoms with Crippen molar-refractivity contribution in [3.05, 3.63) is 77.4 Å². The lowest BCUT2D eigenvalue weighted by atomic mass is 10.1. The molecule has 2 aromatic carbocycles. The molecule has 5 heteroatoms. The minimum Gasteiger partial charge on any atom is -0.477 e. The van der Waals surface area contributed by atoms with Gasteiger partial charge in [-0.3, -0.25) is 4.79 Å². The topological polar surface area (TPSA) is 51.2 Å². The van der Waals surface area contributed by atoms with Crippen molar-refractivity contribution in [3.8, 4) is 17.0 Å². The Bertz CT molecular complexity index is 938. The van der Waals surface area contributed by atoms with Crippen LogP contribution in [0.2, 0.25) is 5.02 Å². The van der Waals surface area contributed by atoms with Crippen LogP contribution < -0.4 is 10.1 Å². The highest BCUT2D eigenvalue weighted by Gasteiger charge is 2.23. The van der Waals surface area contributed by atoms with Gasteiger partial charge in [0.1, 0.15) is 0 Å². The molecule has 1 fully saturated rings. The summed E-state index contributed by atoms with van der Waals surface area (Å²) in [5.74, 6) is 1.02. The van der Waals surface area contributed by atoms with Gasteiger partial charge in [0.25, 0.3) is 5.91 Å². The monoisotopic (exact) mass is 378 g/mol. The first-order valence-electron chi connectivity index (χ1n) is 8.94. The zero-order valence-electron chi connectivity index (χ0n) is 14.7. The Labute approximate surface area is 163 Å². The number of carbonyl (C=O) groups is 1. The number of carbonyl (C=O) groups excluding carboxylic acids is 1. The van der Waals surface area contributed by atoms with Crippen LogP contribution in [0.1, 0.15) is 23.2 Å².